The molecule has 0 unspecified atom stereocenters. The number of hydrogen-bond donors (Lipinski definition) is 1. The maximum absolute atomic E-state index is 5.84. The number of benzene rings is 1. The summed E-state index contributed by atoms with van der Waals surface area (Å²) in [6, 6.07) is 7.90. The van der Waals surface area contributed by atoms with Gasteiger partial charge in [0.25, 0.3) is 0 Å². The Hall–Kier alpha value is -0.140. The summed E-state index contributed by atoms with van der Waals surface area (Å²) in [7, 11) is 3.99. The third kappa shape index (κ3) is 7.89. The summed E-state index contributed by atoms with van der Waals surface area (Å²) in [6.45, 7) is 3.76. The predicted molar refractivity (Wildman–Crippen MR) is 97.3 cm³/mol. The molecule has 1 aromatic carbocycles. The first-order valence-corrected chi connectivity index (χ1v) is 7.34. The Kier molecular flexibility index (Phi) is 10.5. The second kappa shape index (κ2) is 10.6. The van der Waals surface area contributed by atoms with Crippen molar-refractivity contribution in [1.29, 1.82) is 0 Å². The highest BCUT2D eigenvalue weighted by atomic mass is 127. The average Bonchev–Trinajstić information content (AvgIpc) is 2.35. The van der Waals surface area contributed by atoms with E-state index < -0.39 is 0 Å². The van der Waals surface area contributed by atoms with Gasteiger partial charge in [-0.2, -0.15) is 0 Å². The van der Waals surface area contributed by atoms with Gasteiger partial charge in [0, 0.05) is 36.3 Å². The van der Waals surface area contributed by atoms with E-state index in [1.54, 1.807) is 11.8 Å². The minimum Gasteiger partial charge on any atom is -0.357 e. The van der Waals surface area contributed by atoms with Gasteiger partial charge >= 0.3 is 0 Å². The van der Waals surface area contributed by atoms with Crippen molar-refractivity contribution in [2.45, 2.75) is 11.8 Å². The van der Waals surface area contributed by atoms with Crippen molar-refractivity contribution in [3.63, 3.8) is 0 Å². The molecule has 1 rings (SSSR count). The SMILES string of the molecule is CCNC(=NCCSc1ccc(Cl)cc1)N(C)C.I. The first kappa shape index (κ1) is 18.9. The molecule has 0 saturated carbocycles. The van der Waals surface area contributed by atoms with Crippen molar-refractivity contribution in [1.82, 2.24) is 10.2 Å². The molecular formula is C13H21ClIN3S. The minimum atomic E-state index is 0. The van der Waals surface area contributed by atoms with E-state index in [2.05, 4.69) is 17.2 Å². The fraction of sp³-hybridized carbons (Fsp3) is 0.462. The van der Waals surface area contributed by atoms with Gasteiger partial charge in [0.15, 0.2) is 5.96 Å². The molecule has 0 aliphatic carbocycles. The van der Waals surface area contributed by atoms with Crippen LogP contribution in [0.1, 0.15) is 6.92 Å². The van der Waals surface area contributed by atoms with Crippen LogP contribution in [-0.2, 0) is 0 Å². The van der Waals surface area contributed by atoms with Gasteiger partial charge in [0.2, 0.25) is 0 Å². The number of nitrogens with zero attached hydrogens (tertiary/aromatic N) is 2. The van der Waals surface area contributed by atoms with Crippen molar-refractivity contribution in [3.05, 3.63) is 29.3 Å². The first-order valence-electron chi connectivity index (χ1n) is 5.97. The van der Waals surface area contributed by atoms with Gasteiger partial charge in [-0.15, -0.1) is 35.7 Å². The lowest BCUT2D eigenvalue weighted by molar-refractivity contribution is 0.585. The number of halogens is 2. The lowest BCUT2D eigenvalue weighted by Crippen LogP contribution is -2.36. The Bertz CT molecular complexity index is 382. The van der Waals surface area contributed by atoms with Crippen LogP contribution in [0, 0.1) is 0 Å². The van der Waals surface area contributed by atoms with E-state index in [-0.39, 0.29) is 24.0 Å². The number of rotatable bonds is 5. The van der Waals surface area contributed by atoms with E-state index in [4.69, 9.17) is 11.6 Å². The molecule has 0 heterocycles. The van der Waals surface area contributed by atoms with Crippen molar-refractivity contribution < 1.29 is 0 Å². The topological polar surface area (TPSA) is 27.6 Å². The first-order chi connectivity index (χ1) is 8.63. The van der Waals surface area contributed by atoms with E-state index in [0.717, 1.165) is 29.8 Å². The van der Waals surface area contributed by atoms with Gasteiger partial charge in [0.05, 0.1) is 6.54 Å². The van der Waals surface area contributed by atoms with Crippen LogP contribution >= 0.6 is 47.3 Å². The van der Waals surface area contributed by atoms with Crippen molar-refractivity contribution in [2.75, 3.05) is 32.9 Å². The third-order valence-electron chi connectivity index (χ3n) is 2.19. The molecule has 0 atom stereocenters. The molecular weight excluding hydrogens is 393 g/mol. The zero-order valence-corrected chi connectivity index (χ0v) is 15.4. The van der Waals surface area contributed by atoms with E-state index in [9.17, 15) is 0 Å². The second-order valence-electron chi connectivity index (χ2n) is 3.93. The maximum atomic E-state index is 5.84. The highest BCUT2D eigenvalue weighted by Gasteiger charge is 1.99. The number of hydrogen-bond acceptors (Lipinski definition) is 2. The van der Waals surface area contributed by atoms with Crippen LogP contribution in [0.5, 0.6) is 0 Å². The number of guanidine groups is 1. The van der Waals surface area contributed by atoms with E-state index in [1.165, 1.54) is 4.90 Å². The molecule has 0 aliphatic heterocycles. The molecule has 1 N–H and O–H groups in total. The van der Waals surface area contributed by atoms with Crippen LogP contribution < -0.4 is 5.32 Å². The highest BCUT2D eigenvalue weighted by Crippen LogP contribution is 2.19. The Morgan fingerprint density at radius 3 is 2.47 bits per heavy atom. The second-order valence-corrected chi connectivity index (χ2v) is 5.54. The van der Waals surface area contributed by atoms with Crippen molar-refractivity contribution >= 4 is 53.3 Å². The average molecular weight is 414 g/mol. The Labute approximate surface area is 142 Å². The van der Waals surface area contributed by atoms with Gasteiger partial charge in [-0.25, -0.2) is 0 Å². The fourth-order valence-electron chi connectivity index (χ4n) is 1.36. The molecule has 108 valence electrons. The third-order valence-corrected chi connectivity index (χ3v) is 3.44. The van der Waals surface area contributed by atoms with Crippen LogP contribution in [0.4, 0.5) is 0 Å². The normalized spacial score (nSPS) is 10.8. The summed E-state index contributed by atoms with van der Waals surface area (Å²) in [6.07, 6.45) is 0. The lowest BCUT2D eigenvalue weighted by Gasteiger charge is -2.16. The molecule has 3 nitrogen and oxygen atoms in total. The zero-order chi connectivity index (χ0) is 13.4. The van der Waals surface area contributed by atoms with Gasteiger partial charge in [-0.05, 0) is 31.2 Å². The molecule has 0 aliphatic rings. The van der Waals surface area contributed by atoms with Crippen LogP contribution in [0.2, 0.25) is 5.02 Å². The van der Waals surface area contributed by atoms with E-state index >= 15 is 0 Å². The largest absolute Gasteiger partial charge is 0.357 e. The Balaban J connectivity index is 0.00000324. The summed E-state index contributed by atoms with van der Waals surface area (Å²) in [4.78, 5) is 7.75. The molecule has 1 aromatic rings. The van der Waals surface area contributed by atoms with Crippen LogP contribution in [0.25, 0.3) is 0 Å². The molecule has 0 spiro atoms. The molecule has 0 fully saturated rings. The molecule has 0 bridgehead atoms. The van der Waals surface area contributed by atoms with Crippen LogP contribution in [0.3, 0.4) is 0 Å². The summed E-state index contributed by atoms with van der Waals surface area (Å²) >= 11 is 7.63. The lowest BCUT2D eigenvalue weighted by atomic mass is 10.4. The highest BCUT2D eigenvalue weighted by molar-refractivity contribution is 14.0. The number of nitrogens with one attached hydrogen (secondary N) is 1. The van der Waals surface area contributed by atoms with Gasteiger partial charge in [-0.1, -0.05) is 11.6 Å². The molecule has 19 heavy (non-hydrogen) atoms. The summed E-state index contributed by atoms with van der Waals surface area (Å²) in [5, 5.41) is 4.01. The monoisotopic (exact) mass is 413 g/mol. The van der Waals surface area contributed by atoms with Crippen LogP contribution in [0.15, 0.2) is 34.2 Å². The number of thioether (sulfide) groups is 1. The van der Waals surface area contributed by atoms with E-state index in [1.807, 2.05) is 43.3 Å². The maximum Gasteiger partial charge on any atom is 0.193 e. The number of aliphatic imine (C=N–C) groups is 1. The minimum absolute atomic E-state index is 0. The Morgan fingerprint density at radius 2 is 1.95 bits per heavy atom. The summed E-state index contributed by atoms with van der Waals surface area (Å²) < 4.78 is 0. The molecule has 0 saturated heterocycles. The molecule has 0 radical (unpaired) electrons. The predicted octanol–water partition coefficient (Wildman–Crippen LogP) is 3.58. The van der Waals surface area contributed by atoms with E-state index in [0.29, 0.717) is 0 Å². The molecule has 0 aromatic heterocycles. The summed E-state index contributed by atoms with van der Waals surface area (Å²) in [5.41, 5.74) is 0. The standard InChI is InChI=1S/C13H20ClN3S.HI/c1-4-15-13(17(2)3)16-9-10-18-12-7-5-11(14)6-8-12;/h5-8H,4,9-10H2,1-3H3,(H,15,16);1H. The van der Waals surface area contributed by atoms with Gasteiger partial charge in [0.1, 0.15) is 0 Å². The summed E-state index contributed by atoms with van der Waals surface area (Å²) in [5.74, 6) is 1.90. The fourth-order valence-corrected chi connectivity index (χ4v) is 2.23. The molecule has 6 heteroatoms. The zero-order valence-electron chi connectivity index (χ0n) is 11.5. The van der Waals surface area contributed by atoms with Gasteiger partial charge < -0.3 is 10.2 Å². The quantitative estimate of drug-likeness (QED) is 0.263. The van der Waals surface area contributed by atoms with Gasteiger partial charge in [-0.3, -0.25) is 4.99 Å². The Morgan fingerprint density at radius 1 is 1.32 bits per heavy atom. The smallest absolute Gasteiger partial charge is 0.193 e. The molecule has 0 amide bonds. The van der Waals surface area contributed by atoms with Crippen molar-refractivity contribution in [2.24, 2.45) is 4.99 Å². The van der Waals surface area contributed by atoms with Crippen LogP contribution in [-0.4, -0.2) is 43.8 Å². The van der Waals surface area contributed by atoms with Crippen molar-refractivity contribution in [3.8, 4) is 0 Å².